The van der Waals surface area contributed by atoms with Gasteiger partial charge in [-0.1, -0.05) is 11.6 Å². The number of hydrogen-bond acceptors (Lipinski definition) is 8. The number of aromatic nitrogens is 2. The number of carbonyl (C=O) groups is 2. The van der Waals surface area contributed by atoms with Crippen molar-refractivity contribution in [3.8, 4) is 0 Å². The molecule has 0 bridgehead atoms. The Morgan fingerprint density at radius 3 is 2.81 bits per heavy atom. The third-order valence-corrected chi connectivity index (χ3v) is 7.50. The Hall–Kier alpha value is -2.08. The van der Waals surface area contributed by atoms with Gasteiger partial charge in [-0.2, -0.15) is 0 Å². The first-order valence-electron chi connectivity index (χ1n) is 9.82. The molecule has 0 unspecified atom stereocenters. The summed E-state index contributed by atoms with van der Waals surface area (Å²) in [7, 11) is -3.72. The van der Waals surface area contributed by atoms with Crippen molar-refractivity contribution in [3.63, 3.8) is 0 Å². The number of rotatable bonds is 6. The van der Waals surface area contributed by atoms with E-state index in [1.807, 2.05) is 0 Å². The van der Waals surface area contributed by atoms with Crippen LogP contribution in [0, 0.1) is 0 Å². The van der Waals surface area contributed by atoms with E-state index in [1.165, 1.54) is 11.3 Å². The highest BCUT2D eigenvalue weighted by Crippen LogP contribution is 2.39. The maximum absolute atomic E-state index is 13.0. The molecular formula is C19H21ClN4O5S2. The molecule has 2 aromatic heterocycles. The van der Waals surface area contributed by atoms with Crippen LogP contribution < -0.4 is 10.6 Å². The minimum absolute atomic E-state index is 0.00270. The van der Waals surface area contributed by atoms with E-state index < -0.39 is 20.9 Å². The van der Waals surface area contributed by atoms with Gasteiger partial charge in [-0.25, -0.2) is 18.4 Å². The molecular weight excluding hydrogens is 464 g/mol. The molecule has 166 valence electrons. The predicted octanol–water partition coefficient (Wildman–Crippen LogP) is 2.24. The number of sulfone groups is 1. The summed E-state index contributed by atoms with van der Waals surface area (Å²) in [6.45, 7) is 1.11. The number of aryl methyl sites for hydroxylation is 1. The fourth-order valence-electron chi connectivity index (χ4n) is 3.68. The largest absolute Gasteiger partial charge is 0.376 e. The van der Waals surface area contributed by atoms with Crippen LogP contribution in [0.3, 0.4) is 0 Å². The van der Waals surface area contributed by atoms with Gasteiger partial charge in [0, 0.05) is 24.3 Å². The Morgan fingerprint density at radius 1 is 1.29 bits per heavy atom. The molecule has 1 aliphatic heterocycles. The van der Waals surface area contributed by atoms with Crippen molar-refractivity contribution in [2.45, 2.75) is 43.4 Å². The highest BCUT2D eigenvalue weighted by atomic mass is 35.5. The van der Waals surface area contributed by atoms with Crippen LogP contribution in [0.25, 0.3) is 0 Å². The zero-order valence-corrected chi connectivity index (χ0v) is 19.1. The van der Waals surface area contributed by atoms with Crippen LogP contribution >= 0.6 is 22.9 Å². The van der Waals surface area contributed by atoms with Gasteiger partial charge in [-0.15, -0.1) is 11.3 Å². The van der Waals surface area contributed by atoms with Crippen molar-refractivity contribution in [1.29, 1.82) is 0 Å². The van der Waals surface area contributed by atoms with Crippen molar-refractivity contribution < 1.29 is 22.7 Å². The second-order valence-electron chi connectivity index (χ2n) is 7.48. The lowest BCUT2D eigenvalue weighted by Gasteiger charge is -2.13. The number of nitrogens with one attached hydrogen (secondary N) is 2. The van der Waals surface area contributed by atoms with Gasteiger partial charge in [-0.05, 0) is 37.7 Å². The van der Waals surface area contributed by atoms with Gasteiger partial charge in [0.25, 0.3) is 11.8 Å². The van der Waals surface area contributed by atoms with E-state index in [-0.39, 0.29) is 22.7 Å². The molecule has 12 heteroatoms. The van der Waals surface area contributed by atoms with Crippen LogP contribution in [-0.2, 0) is 27.4 Å². The Bertz CT molecular complexity index is 1140. The molecule has 1 atom stereocenters. The number of anilines is 1. The molecule has 2 amide bonds. The average Bonchev–Trinajstić information content (AvgIpc) is 3.43. The second-order valence-corrected chi connectivity index (χ2v) is 10.9. The molecule has 2 aromatic rings. The van der Waals surface area contributed by atoms with E-state index >= 15 is 0 Å². The summed E-state index contributed by atoms with van der Waals surface area (Å²) in [5.74, 6) is -0.971. The van der Waals surface area contributed by atoms with Crippen LogP contribution in [0.1, 0.15) is 50.5 Å². The molecule has 3 heterocycles. The van der Waals surface area contributed by atoms with E-state index in [1.54, 1.807) is 0 Å². The first-order chi connectivity index (χ1) is 14.7. The van der Waals surface area contributed by atoms with Gasteiger partial charge < -0.3 is 15.4 Å². The smallest absolute Gasteiger partial charge is 0.276 e. The lowest BCUT2D eigenvalue weighted by atomic mass is 10.1. The molecule has 0 radical (unpaired) electrons. The molecule has 4 rings (SSSR count). The SMILES string of the molecule is CS(=O)(=O)c1ncc(Cl)c(C(=O)Nc2sc3c(c2C(=O)NC[C@@H]2CCCO2)CCC3)n1. The first-order valence-corrected chi connectivity index (χ1v) is 12.9. The fraction of sp³-hybridized carbons (Fsp3) is 0.474. The van der Waals surface area contributed by atoms with E-state index in [9.17, 15) is 18.0 Å². The summed E-state index contributed by atoms with van der Waals surface area (Å²) in [5, 5.41) is 5.43. The summed E-state index contributed by atoms with van der Waals surface area (Å²) in [6, 6.07) is 0. The zero-order chi connectivity index (χ0) is 22.2. The van der Waals surface area contributed by atoms with E-state index in [0.717, 1.165) is 55.0 Å². The minimum Gasteiger partial charge on any atom is -0.376 e. The van der Waals surface area contributed by atoms with Crippen molar-refractivity contribution in [2.24, 2.45) is 0 Å². The molecule has 2 N–H and O–H groups in total. The molecule has 0 saturated carbocycles. The van der Waals surface area contributed by atoms with Gasteiger partial charge in [0.2, 0.25) is 15.0 Å². The average molecular weight is 485 g/mol. The molecule has 1 aliphatic carbocycles. The van der Waals surface area contributed by atoms with Crippen LogP contribution in [0.5, 0.6) is 0 Å². The van der Waals surface area contributed by atoms with Gasteiger partial charge >= 0.3 is 0 Å². The molecule has 0 aromatic carbocycles. The predicted molar refractivity (Wildman–Crippen MR) is 116 cm³/mol. The van der Waals surface area contributed by atoms with Crippen molar-refractivity contribution >= 4 is 49.6 Å². The quantitative estimate of drug-likeness (QED) is 0.602. The number of fused-ring (bicyclic) bond motifs is 1. The summed E-state index contributed by atoms with van der Waals surface area (Å²) in [4.78, 5) is 34.4. The van der Waals surface area contributed by atoms with Gasteiger partial charge in [0.15, 0.2) is 5.69 Å². The standard InChI is InChI=1S/C19H21ClN4O5S2/c1-31(27,28)19-22-9-12(20)15(23-19)17(26)24-18-14(11-5-2-6-13(11)30-18)16(25)21-8-10-4-3-7-29-10/h9-10H,2-8H2,1H3,(H,21,25)(H,24,26)/t10-/m0/s1. The van der Waals surface area contributed by atoms with Crippen LogP contribution in [0.4, 0.5) is 5.00 Å². The topological polar surface area (TPSA) is 127 Å². The number of carbonyl (C=O) groups excluding carboxylic acids is 2. The molecule has 1 fully saturated rings. The van der Waals surface area contributed by atoms with Crippen LogP contribution in [-0.4, -0.2) is 55.7 Å². The van der Waals surface area contributed by atoms with Crippen molar-refractivity contribution in [3.05, 3.63) is 32.9 Å². The maximum atomic E-state index is 13.0. The Morgan fingerprint density at radius 2 is 2.10 bits per heavy atom. The van der Waals surface area contributed by atoms with Crippen molar-refractivity contribution in [2.75, 3.05) is 24.7 Å². The number of halogens is 1. The molecule has 0 spiro atoms. The summed E-state index contributed by atoms with van der Waals surface area (Å²) in [5.41, 5.74) is 1.12. The highest BCUT2D eigenvalue weighted by molar-refractivity contribution is 7.90. The minimum atomic E-state index is -3.72. The Kier molecular flexibility index (Phi) is 6.29. The first kappa shape index (κ1) is 22.1. The van der Waals surface area contributed by atoms with E-state index in [2.05, 4.69) is 20.6 Å². The number of nitrogens with zero attached hydrogens (tertiary/aromatic N) is 2. The zero-order valence-electron chi connectivity index (χ0n) is 16.7. The van der Waals surface area contributed by atoms with Gasteiger partial charge in [0.05, 0.1) is 22.9 Å². The number of thiophene rings is 1. The molecule has 31 heavy (non-hydrogen) atoms. The van der Waals surface area contributed by atoms with Crippen LogP contribution in [0.2, 0.25) is 5.02 Å². The Labute approximate surface area is 188 Å². The summed E-state index contributed by atoms with van der Waals surface area (Å²) in [6.07, 6.45) is 6.46. The summed E-state index contributed by atoms with van der Waals surface area (Å²) < 4.78 is 29.0. The maximum Gasteiger partial charge on any atom is 0.276 e. The van der Waals surface area contributed by atoms with E-state index in [0.29, 0.717) is 23.7 Å². The normalized spacial score (nSPS) is 18.1. The number of hydrogen-bond donors (Lipinski definition) is 2. The molecule has 9 nitrogen and oxygen atoms in total. The second kappa shape index (κ2) is 8.81. The highest BCUT2D eigenvalue weighted by Gasteiger charge is 2.29. The van der Waals surface area contributed by atoms with E-state index in [4.69, 9.17) is 16.3 Å². The molecule has 1 saturated heterocycles. The van der Waals surface area contributed by atoms with Crippen LogP contribution in [0.15, 0.2) is 11.4 Å². The number of amides is 2. The lowest BCUT2D eigenvalue weighted by Crippen LogP contribution is -2.32. The monoisotopic (exact) mass is 484 g/mol. The Balaban J connectivity index is 1.59. The summed E-state index contributed by atoms with van der Waals surface area (Å²) >= 11 is 7.38. The fourth-order valence-corrected chi connectivity index (χ4v) is 5.64. The van der Waals surface area contributed by atoms with Crippen molar-refractivity contribution in [1.82, 2.24) is 15.3 Å². The van der Waals surface area contributed by atoms with Gasteiger partial charge in [0.1, 0.15) is 5.00 Å². The number of ether oxygens (including phenoxy) is 1. The lowest BCUT2D eigenvalue weighted by molar-refractivity contribution is 0.0858. The third-order valence-electron chi connectivity index (χ3n) is 5.16. The molecule has 2 aliphatic rings. The third kappa shape index (κ3) is 4.74. The van der Waals surface area contributed by atoms with Gasteiger partial charge in [-0.3, -0.25) is 9.59 Å².